The van der Waals surface area contributed by atoms with Gasteiger partial charge >= 0.3 is 6.09 Å². The van der Waals surface area contributed by atoms with E-state index in [1.165, 1.54) is 5.56 Å². The van der Waals surface area contributed by atoms with Crippen LogP contribution in [0.25, 0.3) is 11.3 Å². The lowest BCUT2D eigenvalue weighted by Crippen LogP contribution is -2.44. The number of rotatable bonds is 2. The summed E-state index contributed by atoms with van der Waals surface area (Å²) in [7, 11) is 0. The van der Waals surface area contributed by atoms with E-state index in [1.807, 2.05) is 50.2 Å². The molecule has 2 aliphatic rings. The predicted molar refractivity (Wildman–Crippen MR) is 106 cm³/mol. The van der Waals surface area contributed by atoms with Gasteiger partial charge in [-0.2, -0.15) is 0 Å². The van der Waals surface area contributed by atoms with Crippen LogP contribution in [0.2, 0.25) is 0 Å². The fourth-order valence-electron chi connectivity index (χ4n) is 3.89. The standard InChI is InChI=1S/C22H27N3O3/c1-22(2,3)28-21(26)25-9-6-15(7-10-25)19-12-17-11-18(24-14-20(17)27-19)16-5-4-8-23-13-16/h4-5,8,11,13-15,19H,6-7,9-10,12H2,1-3H3. The second-order valence-corrected chi connectivity index (χ2v) is 8.58. The van der Waals surface area contributed by atoms with Crippen molar-refractivity contribution < 1.29 is 14.3 Å². The first-order valence-corrected chi connectivity index (χ1v) is 9.93. The third-order valence-corrected chi connectivity index (χ3v) is 5.32. The number of fused-ring (bicyclic) bond motifs is 1. The van der Waals surface area contributed by atoms with Gasteiger partial charge in [0.05, 0.1) is 11.9 Å². The Morgan fingerprint density at radius 2 is 2.04 bits per heavy atom. The van der Waals surface area contributed by atoms with Crippen molar-refractivity contribution in [3.63, 3.8) is 0 Å². The molecule has 0 aromatic carbocycles. The Hall–Kier alpha value is -2.63. The summed E-state index contributed by atoms with van der Waals surface area (Å²) in [4.78, 5) is 22.8. The fraction of sp³-hybridized carbons (Fsp3) is 0.500. The van der Waals surface area contributed by atoms with Gasteiger partial charge in [-0.15, -0.1) is 0 Å². The van der Waals surface area contributed by atoms with Gasteiger partial charge in [-0.1, -0.05) is 0 Å². The highest BCUT2D eigenvalue weighted by Crippen LogP contribution is 2.36. The Labute approximate surface area is 165 Å². The van der Waals surface area contributed by atoms with Gasteiger partial charge in [0.15, 0.2) is 0 Å². The van der Waals surface area contributed by atoms with Gasteiger partial charge in [-0.3, -0.25) is 9.97 Å². The SMILES string of the molecule is CC(C)(C)OC(=O)N1CCC(C2Cc3cc(-c4cccnc4)ncc3O2)CC1. The minimum atomic E-state index is -0.455. The molecule has 0 N–H and O–H groups in total. The Morgan fingerprint density at radius 3 is 2.71 bits per heavy atom. The average molecular weight is 381 g/mol. The minimum absolute atomic E-state index is 0.154. The summed E-state index contributed by atoms with van der Waals surface area (Å²) in [5.41, 5.74) is 2.69. The number of carbonyl (C=O) groups excluding carboxylic acids is 1. The zero-order chi connectivity index (χ0) is 19.7. The Bertz CT molecular complexity index is 840. The number of pyridine rings is 2. The number of nitrogens with zero attached hydrogens (tertiary/aromatic N) is 3. The van der Waals surface area contributed by atoms with E-state index in [-0.39, 0.29) is 12.2 Å². The number of amides is 1. The zero-order valence-electron chi connectivity index (χ0n) is 16.7. The number of hydrogen-bond acceptors (Lipinski definition) is 5. The van der Waals surface area contributed by atoms with Crippen LogP contribution >= 0.6 is 0 Å². The molecule has 0 bridgehead atoms. The summed E-state index contributed by atoms with van der Waals surface area (Å²) in [5.74, 6) is 1.32. The van der Waals surface area contributed by atoms with E-state index in [0.29, 0.717) is 5.92 Å². The lowest BCUT2D eigenvalue weighted by molar-refractivity contribution is 0.0123. The molecule has 1 atom stereocenters. The summed E-state index contributed by atoms with van der Waals surface area (Å²) >= 11 is 0. The summed E-state index contributed by atoms with van der Waals surface area (Å²) in [5, 5.41) is 0. The van der Waals surface area contributed by atoms with Crippen molar-refractivity contribution in [1.29, 1.82) is 0 Å². The molecule has 6 heteroatoms. The maximum atomic E-state index is 12.3. The van der Waals surface area contributed by atoms with Gasteiger partial charge in [0.25, 0.3) is 0 Å². The molecule has 6 nitrogen and oxygen atoms in total. The van der Waals surface area contributed by atoms with E-state index in [4.69, 9.17) is 9.47 Å². The van der Waals surface area contributed by atoms with Crippen molar-refractivity contribution in [2.24, 2.45) is 5.92 Å². The molecule has 0 spiro atoms. The molecule has 0 radical (unpaired) electrons. The maximum Gasteiger partial charge on any atom is 0.410 e. The molecule has 1 fully saturated rings. The molecule has 2 aromatic heterocycles. The van der Waals surface area contributed by atoms with Crippen molar-refractivity contribution in [3.05, 3.63) is 42.4 Å². The van der Waals surface area contributed by atoms with Gasteiger partial charge in [-0.25, -0.2) is 4.79 Å². The highest BCUT2D eigenvalue weighted by molar-refractivity contribution is 5.68. The van der Waals surface area contributed by atoms with Crippen molar-refractivity contribution in [1.82, 2.24) is 14.9 Å². The lowest BCUT2D eigenvalue weighted by Gasteiger charge is -2.35. The number of aromatic nitrogens is 2. The van der Waals surface area contributed by atoms with E-state index in [1.54, 1.807) is 6.20 Å². The van der Waals surface area contributed by atoms with Crippen molar-refractivity contribution in [2.45, 2.75) is 51.7 Å². The van der Waals surface area contributed by atoms with Gasteiger partial charge in [0.2, 0.25) is 0 Å². The van der Waals surface area contributed by atoms with Crippen LogP contribution in [0.15, 0.2) is 36.8 Å². The summed E-state index contributed by atoms with van der Waals surface area (Å²) in [6.07, 6.45) is 8.11. The average Bonchev–Trinajstić information content (AvgIpc) is 3.11. The van der Waals surface area contributed by atoms with Crippen molar-refractivity contribution in [2.75, 3.05) is 13.1 Å². The van der Waals surface area contributed by atoms with E-state index in [9.17, 15) is 4.79 Å². The summed E-state index contributed by atoms with van der Waals surface area (Å²) in [6, 6.07) is 6.05. The van der Waals surface area contributed by atoms with Gasteiger partial charge in [-0.05, 0) is 57.7 Å². The van der Waals surface area contributed by atoms with Gasteiger partial charge < -0.3 is 14.4 Å². The first kappa shape index (κ1) is 18.7. The van der Waals surface area contributed by atoms with Crippen molar-refractivity contribution in [3.8, 4) is 17.0 Å². The molecule has 2 aliphatic heterocycles. The highest BCUT2D eigenvalue weighted by Gasteiger charge is 2.35. The number of ether oxygens (including phenoxy) is 2. The largest absolute Gasteiger partial charge is 0.488 e. The van der Waals surface area contributed by atoms with Crippen LogP contribution in [-0.4, -0.2) is 45.8 Å². The molecular formula is C22H27N3O3. The monoisotopic (exact) mass is 381 g/mol. The molecular weight excluding hydrogens is 354 g/mol. The molecule has 4 rings (SSSR count). The summed E-state index contributed by atoms with van der Waals surface area (Å²) in [6.45, 7) is 7.13. The van der Waals surface area contributed by atoms with Crippen LogP contribution in [-0.2, 0) is 11.2 Å². The van der Waals surface area contributed by atoms with Crippen LogP contribution in [0.5, 0.6) is 5.75 Å². The molecule has 0 saturated carbocycles. The quantitative estimate of drug-likeness (QED) is 0.784. The molecule has 148 valence electrons. The molecule has 1 unspecified atom stereocenters. The van der Waals surface area contributed by atoms with E-state index < -0.39 is 5.60 Å². The van der Waals surface area contributed by atoms with Crippen LogP contribution in [0.4, 0.5) is 4.79 Å². The van der Waals surface area contributed by atoms with E-state index >= 15 is 0 Å². The second kappa shape index (κ2) is 7.41. The number of hydrogen-bond donors (Lipinski definition) is 0. The first-order valence-electron chi connectivity index (χ1n) is 9.93. The van der Waals surface area contributed by atoms with Gasteiger partial charge in [0.1, 0.15) is 17.5 Å². The van der Waals surface area contributed by atoms with Crippen LogP contribution in [0.3, 0.4) is 0 Å². The molecule has 28 heavy (non-hydrogen) atoms. The number of carbonyl (C=O) groups is 1. The lowest BCUT2D eigenvalue weighted by atomic mass is 9.89. The third-order valence-electron chi connectivity index (χ3n) is 5.32. The fourth-order valence-corrected chi connectivity index (χ4v) is 3.89. The van der Waals surface area contributed by atoms with Gasteiger partial charge in [0, 0.05) is 43.0 Å². The van der Waals surface area contributed by atoms with Crippen LogP contribution in [0, 0.1) is 5.92 Å². The number of piperidine rings is 1. The Balaban J connectivity index is 1.36. The molecule has 0 aliphatic carbocycles. The first-order chi connectivity index (χ1) is 13.4. The Kier molecular flexibility index (Phi) is 4.96. The van der Waals surface area contributed by atoms with E-state index in [0.717, 1.165) is 49.4 Å². The number of likely N-dealkylation sites (tertiary alicyclic amines) is 1. The van der Waals surface area contributed by atoms with E-state index in [2.05, 4.69) is 16.0 Å². The maximum absolute atomic E-state index is 12.3. The topological polar surface area (TPSA) is 64.5 Å². The zero-order valence-corrected chi connectivity index (χ0v) is 16.7. The minimum Gasteiger partial charge on any atom is -0.488 e. The van der Waals surface area contributed by atoms with Crippen LogP contribution < -0.4 is 4.74 Å². The highest BCUT2D eigenvalue weighted by atomic mass is 16.6. The third kappa shape index (κ3) is 4.11. The molecule has 1 saturated heterocycles. The smallest absolute Gasteiger partial charge is 0.410 e. The normalized spacial score (nSPS) is 19.8. The predicted octanol–water partition coefficient (Wildman–Crippen LogP) is 4.09. The van der Waals surface area contributed by atoms with Crippen molar-refractivity contribution >= 4 is 6.09 Å². The molecule has 4 heterocycles. The van der Waals surface area contributed by atoms with Crippen LogP contribution in [0.1, 0.15) is 39.2 Å². The molecule has 1 amide bonds. The summed E-state index contributed by atoms with van der Waals surface area (Å²) < 4.78 is 11.7. The second-order valence-electron chi connectivity index (χ2n) is 8.58. The Morgan fingerprint density at radius 1 is 1.25 bits per heavy atom. The molecule has 2 aromatic rings.